The number of hydrogen-bond acceptors (Lipinski definition) is 2. The maximum atomic E-state index is 13.7. The summed E-state index contributed by atoms with van der Waals surface area (Å²) in [4.78, 5) is 12.4. The Morgan fingerprint density at radius 1 is 1.44 bits per heavy atom. The van der Waals surface area contributed by atoms with Gasteiger partial charge < -0.3 is 10.0 Å². The van der Waals surface area contributed by atoms with E-state index in [0.29, 0.717) is 0 Å². The van der Waals surface area contributed by atoms with E-state index in [1.165, 1.54) is 13.0 Å². The predicted octanol–water partition coefficient (Wildman–Crippen LogP) is 1.37. The zero-order chi connectivity index (χ0) is 11.9. The van der Waals surface area contributed by atoms with Crippen molar-refractivity contribution in [1.82, 2.24) is 0 Å². The zero-order valence-electron chi connectivity index (χ0n) is 8.70. The molecule has 3 nitrogen and oxygen atoms in total. The fraction of sp³-hybridized carbons (Fsp3) is 0.364. The maximum absolute atomic E-state index is 13.7. The largest absolute Gasteiger partial charge is 0.391 e. The van der Waals surface area contributed by atoms with E-state index in [1.807, 2.05) is 0 Å². The molecule has 0 aromatic heterocycles. The number of halogens is 2. The molecule has 2 rings (SSSR count). The van der Waals surface area contributed by atoms with Crippen molar-refractivity contribution in [2.75, 3.05) is 11.4 Å². The van der Waals surface area contributed by atoms with Crippen molar-refractivity contribution in [2.24, 2.45) is 0 Å². The number of benzene rings is 1. The van der Waals surface area contributed by atoms with Crippen LogP contribution in [0.5, 0.6) is 0 Å². The highest BCUT2D eigenvalue weighted by atomic mass is 19.1. The molecule has 1 aromatic rings. The highest BCUT2D eigenvalue weighted by Crippen LogP contribution is 2.29. The predicted molar refractivity (Wildman–Crippen MR) is 54.1 cm³/mol. The van der Waals surface area contributed by atoms with Crippen molar-refractivity contribution >= 4 is 11.6 Å². The van der Waals surface area contributed by atoms with Gasteiger partial charge in [0.2, 0.25) is 5.91 Å². The highest BCUT2D eigenvalue weighted by molar-refractivity contribution is 5.96. The summed E-state index contributed by atoms with van der Waals surface area (Å²) < 4.78 is 27.2. The third-order valence-corrected chi connectivity index (χ3v) is 2.63. The molecule has 0 radical (unpaired) electrons. The quantitative estimate of drug-likeness (QED) is 0.787. The molecule has 0 bridgehead atoms. The highest BCUT2D eigenvalue weighted by Gasteiger charge is 2.32. The lowest BCUT2D eigenvalue weighted by Crippen LogP contribution is -2.27. The van der Waals surface area contributed by atoms with Crippen LogP contribution in [0.2, 0.25) is 0 Å². The van der Waals surface area contributed by atoms with E-state index in [-0.39, 0.29) is 24.2 Å². The molecule has 1 saturated heterocycles. The molecule has 1 unspecified atom stereocenters. The van der Waals surface area contributed by atoms with Crippen LogP contribution in [0, 0.1) is 18.6 Å². The van der Waals surface area contributed by atoms with Gasteiger partial charge in [-0.3, -0.25) is 4.79 Å². The average Bonchev–Trinajstić information content (AvgIpc) is 2.53. The lowest BCUT2D eigenvalue weighted by molar-refractivity contribution is -0.117. The smallest absolute Gasteiger partial charge is 0.229 e. The molecular weight excluding hydrogens is 216 g/mol. The summed E-state index contributed by atoms with van der Waals surface area (Å²) in [5, 5.41) is 9.28. The van der Waals surface area contributed by atoms with Crippen molar-refractivity contribution in [3.05, 3.63) is 29.3 Å². The number of aliphatic hydroxyl groups is 1. The van der Waals surface area contributed by atoms with Crippen LogP contribution < -0.4 is 4.90 Å². The van der Waals surface area contributed by atoms with Crippen LogP contribution in [0.3, 0.4) is 0 Å². The van der Waals surface area contributed by atoms with Gasteiger partial charge in [0.25, 0.3) is 0 Å². The molecular formula is C11H11F2NO2. The zero-order valence-corrected chi connectivity index (χ0v) is 8.70. The van der Waals surface area contributed by atoms with Gasteiger partial charge in [0.15, 0.2) is 5.82 Å². The van der Waals surface area contributed by atoms with Gasteiger partial charge in [-0.15, -0.1) is 0 Å². The van der Waals surface area contributed by atoms with Crippen molar-refractivity contribution in [3.8, 4) is 0 Å². The molecule has 1 aromatic carbocycles. The van der Waals surface area contributed by atoms with Gasteiger partial charge >= 0.3 is 0 Å². The summed E-state index contributed by atoms with van der Waals surface area (Å²) in [6, 6.07) is 2.43. The fourth-order valence-corrected chi connectivity index (χ4v) is 1.79. The number of aliphatic hydroxyl groups excluding tert-OH is 1. The summed E-state index contributed by atoms with van der Waals surface area (Å²) in [5.41, 5.74) is -0.0906. The first-order valence-corrected chi connectivity index (χ1v) is 4.93. The maximum Gasteiger partial charge on any atom is 0.229 e. The lowest BCUT2D eigenvalue weighted by atomic mass is 10.2. The molecule has 0 saturated carbocycles. The molecule has 1 heterocycles. The molecule has 16 heavy (non-hydrogen) atoms. The molecule has 0 spiro atoms. The topological polar surface area (TPSA) is 40.5 Å². The van der Waals surface area contributed by atoms with E-state index < -0.39 is 23.6 Å². The number of β-amino-alcohol motifs (C(OH)–C–C–N with tert-alkyl or cyclic N) is 1. The summed E-state index contributed by atoms with van der Waals surface area (Å²) in [7, 11) is 0. The van der Waals surface area contributed by atoms with Crippen molar-refractivity contribution in [1.29, 1.82) is 0 Å². The number of anilines is 1. The standard InChI is InChI=1S/C11H11F2NO2/c1-6-2-3-8(12)11(10(6)13)14-5-7(15)4-9(14)16/h2-3,7,15H,4-5H2,1H3. The Balaban J connectivity index is 2.48. The van der Waals surface area contributed by atoms with E-state index in [1.54, 1.807) is 0 Å². The third-order valence-electron chi connectivity index (χ3n) is 2.63. The number of hydrogen-bond donors (Lipinski definition) is 1. The third kappa shape index (κ3) is 1.67. The second-order valence-corrected chi connectivity index (χ2v) is 3.89. The van der Waals surface area contributed by atoms with Crippen LogP contribution in [-0.4, -0.2) is 23.7 Å². The van der Waals surface area contributed by atoms with Crippen LogP contribution in [0.1, 0.15) is 12.0 Å². The Morgan fingerprint density at radius 2 is 2.12 bits per heavy atom. The number of nitrogens with zero attached hydrogens (tertiary/aromatic N) is 1. The SMILES string of the molecule is Cc1ccc(F)c(N2CC(O)CC2=O)c1F. The van der Waals surface area contributed by atoms with E-state index in [4.69, 9.17) is 0 Å². The molecule has 1 amide bonds. The van der Waals surface area contributed by atoms with E-state index in [2.05, 4.69) is 0 Å². The number of carbonyl (C=O) groups excluding carboxylic acids is 1. The second kappa shape index (κ2) is 3.83. The van der Waals surface area contributed by atoms with Gasteiger partial charge in [-0.1, -0.05) is 6.07 Å². The Kier molecular flexibility index (Phi) is 2.63. The molecule has 86 valence electrons. The molecule has 5 heteroatoms. The van der Waals surface area contributed by atoms with E-state index in [0.717, 1.165) is 11.0 Å². The van der Waals surface area contributed by atoms with Crippen molar-refractivity contribution in [2.45, 2.75) is 19.4 Å². The summed E-state index contributed by atoms with van der Waals surface area (Å²) in [6.07, 6.45) is -0.945. The minimum Gasteiger partial charge on any atom is -0.391 e. The Hall–Kier alpha value is -1.49. The van der Waals surface area contributed by atoms with Gasteiger partial charge in [-0.05, 0) is 18.6 Å². The lowest BCUT2D eigenvalue weighted by Gasteiger charge is -2.18. The van der Waals surface area contributed by atoms with Crippen LogP contribution >= 0.6 is 0 Å². The number of amides is 1. The minimum absolute atomic E-state index is 0.0594. The Labute approximate surface area is 91.3 Å². The summed E-state index contributed by atoms with van der Waals surface area (Å²) in [6.45, 7) is 1.44. The van der Waals surface area contributed by atoms with Gasteiger partial charge in [-0.2, -0.15) is 0 Å². The molecule has 1 atom stereocenters. The normalized spacial score (nSPS) is 20.6. The first-order valence-electron chi connectivity index (χ1n) is 4.93. The van der Waals surface area contributed by atoms with Crippen LogP contribution in [-0.2, 0) is 4.79 Å². The minimum atomic E-state index is -0.855. The fourth-order valence-electron chi connectivity index (χ4n) is 1.79. The number of aryl methyl sites for hydroxylation is 1. The molecule has 1 fully saturated rings. The average molecular weight is 227 g/mol. The van der Waals surface area contributed by atoms with Crippen molar-refractivity contribution in [3.63, 3.8) is 0 Å². The summed E-state index contributed by atoms with van der Waals surface area (Å²) in [5.74, 6) is -2.00. The Bertz CT molecular complexity index is 448. The van der Waals surface area contributed by atoms with Crippen LogP contribution in [0.25, 0.3) is 0 Å². The van der Waals surface area contributed by atoms with Gasteiger partial charge in [-0.25, -0.2) is 8.78 Å². The molecule has 1 aliphatic heterocycles. The number of carbonyl (C=O) groups is 1. The van der Waals surface area contributed by atoms with Crippen LogP contribution in [0.15, 0.2) is 12.1 Å². The van der Waals surface area contributed by atoms with E-state index in [9.17, 15) is 18.7 Å². The Morgan fingerprint density at radius 3 is 2.69 bits per heavy atom. The summed E-state index contributed by atoms with van der Waals surface area (Å²) >= 11 is 0. The molecule has 1 N–H and O–H groups in total. The van der Waals surface area contributed by atoms with Gasteiger partial charge in [0.1, 0.15) is 11.5 Å². The van der Waals surface area contributed by atoms with Crippen LogP contribution in [0.4, 0.5) is 14.5 Å². The number of rotatable bonds is 1. The monoisotopic (exact) mass is 227 g/mol. The molecule has 1 aliphatic rings. The van der Waals surface area contributed by atoms with Crippen molar-refractivity contribution < 1.29 is 18.7 Å². The molecule has 0 aliphatic carbocycles. The van der Waals surface area contributed by atoms with Gasteiger partial charge in [0.05, 0.1) is 19.1 Å². The first kappa shape index (κ1) is 11.0. The second-order valence-electron chi connectivity index (χ2n) is 3.89. The van der Waals surface area contributed by atoms with E-state index >= 15 is 0 Å². The van der Waals surface area contributed by atoms with Gasteiger partial charge in [0, 0.05) is 0 Å². The first-order chi connectivity index (χ1) is 7.50.